The van der Waals surface area contributed by atoms with Gasteiger partial charge in [-0.3, -0.25) is 4.79 Å². The lowest BCUT2D eigenvalue weighted by atomic mass is 10.1. The smallest absolute Gasteiger partial charge is 0.240 e. The van der Waals surface area contributed by atoms with Crippen LogP contribution < -0.4 is 14.9 Å². The molecular formula is C20H23Cl3N6O3S. The van der Waals surface area contributed by atoms with Gasteiger partial charge in [-0.1, -0.05) is 40.9 Å². The summed E-state index contributed by atoms with van der Waals surface area (Å²) < 4.78 is 25.6. The van der Waals surface area contributed by atoms with E-state index in [1.807, 2.05) is 17.9 Å². The summed E-state index contributed by atoms with van der Waals surface area (Å²) in [6.45, 7) is 3.87. The molecule has 3 heterocycles. The monoisotopic (exact) mass is 532 g/mol. The maximum Gasteiger partial charge on any atom is 0.240 e. The molecule has 2 N–H and O–H groups in total. The quantitative estimate of drug-likeness (QED) is 0.608. The molecule has 1 aromatic heterocycles. The van der Waals surface area contributed by atoms with Crippen molar-refractivity contribution < 1.29 is 13.2 Å². The second-order valence-electron chi connectivity index (χ2n) is 7.99. The number of hydrogen-bond donors (Lipinski definition) is 2. The number of sulfonamides is 1. The van der Waals surface area contributed by atoms with Gasteiger partial charge in [0.25, 0.3) is 0 Å². The van der Waals surface area contributed by atoms with Gasteiger partial charge < -0.3 is 15.1 Å². The summed E-state index contributed by atoms with van der Waals surface area (Å²) in [5, 5.41) is 4.74. The molecular weight excluding hydrogens is 511 g/mol. The van der Waals surface area contributed by atoms with E-state index in [0.29, 0.717) is 59.4 Å². The molecule has 9 nitrogen and oxygen atoms in total. The van der Waals surface area contributed by atoms with Gasteiger partial charge in [0, 0.05) is 36.2 Å². The van der Waals surface area contributed by atoms with Crippen molar-refractivity contribution in [3.63, 3.8) is 0 Å². The molecule has 2 atom stereocenters. The zero-order valence-corrected chi connectivity index (χ0v) is 20.8. The number of carbonyl (C=O) groups is 1. The Kier molecular flexibility index (Phi) is 7.20. The Morgan fingerprint density at radius 2 is 1.91 bits per heavy atom. The second kappa shape index (κ2) is 9.79. The van der Waals surface area contributed by atoms with E-state index in [4.69, 9.17) is 34.8 Å². The van der Waals surface area contributed by atoms with Crippen molar-refractivity contribution in [3.8, 4) is 0 Å². The van der Waals surface area contributed by atoms with Crippen LogP contribution in [0.2, 0.25) is 15.1 Å². The van der Waals surface area contributed by atoms with Crippen LogP contribution in [0.25, 0.3) is 0 Å². The third-order valence-corrected chi connectivity index (χ3v) is 7.94. The fourth-order valence-electron chi connectivity index (χ4n) is 3.88. The minimum Gasteiger partial charge on any atom is -0.362 e. The Hall–Kier alpha value is -1.85. The van der Waals surface area contributed by atoms with Crippen molar-refractivity contribution in [1.82, 2.24) is 19.6 Å². The largest absolute Gasteiger partial charge is 0.362 e. The third-order valence-electron chi connectivity index (χ3n) is 5.68. The topological polar surface area (TPSA) is 108 Å². The first-order valence-corrected chi connectivity index (χ1v) is 13.2. The molecule has 2 saturated heterocycles. The molecule has 0 unspecified atom stereocenters. The minimum absolute atomic E-state index is 0.0164. The normalized spacial score (nSPS) is 21.2. The maximum absolute atomic E-state index is 12.6. The zero-order chi connectivity index (χ0) is 23.8. The summed E-state index contributed by atoms with van der Waals surface area (Å²) in [5.74, 6) is 0.755. The molecule has 2 aliphatic rings. The molecule has 0 aliphatic carbocycles. The van der Waals surface area contributed by atoms with E-state index in [0.717, 1.165) is 5.56 Å². The molecule has 0 radical (unpaired) electrons. The number of nitrogens with one attached hydrogen (secondary N) is 2. The summed E-state index contributed by atoms with van der Waals surface area (Å²) in [6, 6.07) is 4.44. The maximum atomic E-state index is 12.6. The van der Waals surface area contributed by atoms with Gasteiger partial charge in [0.15, 0.2) is 5.82 Å². The highest BCUT2D eigenvalue weighted by Gasteiger charge is 2.35. The average Bonchev–Trinajstić information content (AvgIpc) is 3.14. The van der Waals surface area contributed by atoms with Crippen LogP contribution in [0.1, 0.15) is 24.9 Å². The summed E-state index contributed by atoms with van der Waals surface area (Å²) in [4.78, 5) is 25.2. The Bertz CT molecular complexity index is 1160. The number of carbonyl (C=O) groups excluding carboxylic acids is 1. The van der Waals surface area contributed by atoms with E-state index in [1.54, 1.807) is 17.0 Å². The molecule has 2 fully saturated rings. The molecule has 33 heavy (non-hydrogen) atoms. The highest BCUT2D eigenvalue weighted by atomic mass is 35.5. The number of anilines is 2. The van der Waals surface area contributed by atoms with E-state index in [-0.39, 0.29) is 17.7 Å². The molecule has 13 heteroatoms. The Labute approximate surface area is 207 Å². The molecule has 2 aliphatic heterocycles. The minimum atomic E-state index is -3.34. The number of halogens is 3. The standard InChI is InChI=1S/C20H23Cl3N6O3S/c1-12(14-3-2-13(21)10-15(14)22)25-18-16(23)11-24-20(26-18)29-7-5-28(6-8-29)19(30)17-4-9-33(31,32)27-17/h2-3,10-12,17,27H,4-9H2,1H3,(H,24,25,26)/t12-,17-/m1/s1. The van der Waals surface area contributed by atoms with Crippen LogP contribution in [0.3, 0.4) is 0 Å². The number of rotatable bonds is 5. The van der Waals surface area contributed by atoms with Crippen LogP contribution in [-0.4, -0.2) is 67.2 Å². The summed E-state index contributed by atoms with van der Waals surface area (Å²) >= 11 is 18.6. The van der Waals surface area contributed by atoms with Gasteiger partial charge in [-0.05, 0) is 31.0 Å². The van der Waals surface area contributed by atoms with Gasteiger partial charge in [-0.15, -0.1) is 0 Å². The van der Waals surface area contributed by atoms with Gasteiger partial charge in [-0.2, -0.15) is 4.98 Å². The van der Waals surface area contributed by atoms with Crippen LogP contribution >= 0.6 is 34.8 Å². The van der Waals surface area contributed by atoms with Crippen LogP contribution in [0, 0.1) is 0 Å². The molecule has 178 valence electrons. The molecule has 4 rings (SSSR count). The van der Waals surface area contributed by atoms with Crippen LogP contribution in [-0.2, 0) is 14.8 Å². The fraction of sp³-hybridized carbons (Fsp3) is 0.450. The average molecular weight is 534 g/mol. The second-order valence-corrected chi connectivity index (χ2v) is 11.1. The highest BCUT2D eigenvalue weighted by Crippen LogP contribution is 2.30. The van der Waals surface area contributed by atoms with E-state index in [9.17, 15) is 13.2 Å². The van der Waals surface area contributed by atoms with Crippen molar-refractivity contribution in [2.75, 3.05) is 42.1 Å². The number of nitrogens with zero attached hydrogens (tertiary/aromatic N) is 4. The summed E-state index contributed by atoms with van der Waals surface area (Å²) in [6.07, 6.45) is 1.83. The lowest BCUT2D eigenvalue weighted by Crippen LogP contribution is -2.53. The lowest BCUT2D eigenvalue weighted by molar-refractivity contribution is -0.133. The number of aromatic nitrogens is 2. The van der Waals surface area contributed by atoms with Crippen molar-refractivity contribution in [1.29, 1.82) is 0 Å². The van der Waals surface area contributed by atoms with Crippen molar-refractivity contribution in [2.45, 2.75) is 25.4 Å². The first-order valence-electron chi connectivity index (χ1n) is 10.4. The van der Waals surface area contributed by atoms with Gasteiger partial charge in [0.1, 0.15) is 11.1 Å². The van der Waals surface area contributed by atoms with Gasteiger partial charge in [-0.25, -0.2) is 18.1 Å². The van der Waals surface area contributed by atoms with Gasteiger partial charge in [0.2, 0.25) is 21.9 Å². The van der Waals surface area contributed by atoms with E-state index >= 15 is 0 Å². The van der Waals surface area contributed by atoms with Crippen LogP contribution in [0.4, 0.5) is 11.8 Å². The van der Waals surface area contributed by atoms with E-state index in [1.165, 1.54) is 6.20 Å². The van der Waals surface area contributed by atoms with Gasteiger partial charge in [0.05, 0.1) is 18.0 Å². The van der Waals surface area contributed by atoms with E-state index in [2.05, 4.69) is 20.0 Å². The van der Waals surface area contributed by atoms with Crippen molar-refractivity contribution >= 4 is 62.5 Å². The number of benzene rings is 1. The fourth-order valence-corrected chi connectivity index (χ4v) is 5.91. The Morgan fingerprint density at radius 3 is 2.55 bits per heavy atom. The predicted octanol–water partition coefficient (Wildman–Crippen LogP) is 2.95. The zero-order valence-electron chi connectivity index (χ0n) is 17.8. The third kappa shape index (κ3) is 5.63. The SMILES string of the molecule is C[C@@H](Nc1nc(N2CCN(C(=O)[C@H]3CCS(=O)(=O)N3)CC2)ncc1Cl)c1ccc(Cl)cc1Cl. The number of piperazine rings is 1. The molecule has 1 aromatic carbocycles. The molecule has 0 spiro atoms. The van der Waals surface area contributed by atoms with Crippen molar-refractivity contribution in [3.05, 3.63) is 45.0 Å². The summed E-state index contributed by atoms with van der Waals surface area (Å²) in [5.41, 5.74) is 0.854. The first-order chi connectivity index (χ1) is 15.6. The summed E-state index contributed by atoms with van der Waals surface area (Å²) in [7, 11) is -3.34. The van der Waals surface area contributed by atoms with Crippen LogP contribution in [0.15, 0.2) is 24.4 Å². The number of hydrogen-bond acceptors (Lipinski definition) is 7. The Morgan fingerprint density at radius 1 is 1.18 bits per heavy atom. The lowest BCUT2D eigenvalue weighted by Gasteiger charge is -2.36. The molecule has 2 aromatic rings. The molecule has 1 amide bonds. The van der Waals surface area contributed by atoms with Crippen molar-refractivity contribution in [2.24, 2.45) is 0 Å². The first kappa shape index (κ1) is 24.3. The van der Waals surface area contributed by atoms with Gasteiger partial charge >= 0.3 is 0 Å². The highest BCUT2D eigenvalue weighted by molar-refractivity contribution is 7.89. The number of amides is 1. The molecule has 0 saturated carbocycles. The predicted molar refractivity (Wildman–Crippen MR) is 130 cm³/mol. The molecule has 0 bridgehead atoms. The Balaban J connectivity index is 1.40. The van der Waals surface area contributed by atoms with E-state index < -0.39 is 16.1 Å². The van der Waals surface area contributed by atoms with Crippen LogP contribution in [0.5, 0.6) is 0 Å².